The summed E-state index contributed by atoms with van der Waals surface area (Å²) in [5.74, 6) is 0. The van der Waals surface area contributed by atoms with Crippen LogP contribution >= 0.6 is 6.49 Å². The van der Waals surface area contributed by atoms with Crippen LogP contribution in [0, 0.1) is 0 Å². The van der Waals surface area contributed by atoms with Crippen molar-refractivity contribution in [2.75, 3.05) is 19.4 Å². The SMILES string of the molecule is CCCCCCCCP(=S)(OCC)OCC. The highest BCUT2D eigenvalue weighted by Crippen LogP contribution is 2.49. The Morgan fingerprint density at radius 1 is 0.812 bits per heavy atom. The second-order valence-corrected chi connectivity index (χ2v) is 7.79. The minimum Gasteiger partial charge on any atom is -0.330 e. The molecule has 0 rings (SSSR count). The first kappa shape index (κ1) is 16.6. The summed E-state index contributed by atoms with van der Waals surface area (Å²) in [6.45, 7) is 5.62. The third-order valence-corrected chi connectivity index (χ3v) is 5.78. The summed E-state index contributed by atoms with van der Waals surface area (Å²) in [5, 5.41) is 0. The predicted octanol–water partition coefficient (Wildman–Crippen LogP) is 4.73. The Balaban J connectivity index is 3.64. The lowest BCUT2D eigenvalue weighted by atomic mass is 10.1. The van der Waals surface area contributed by atoms with E-state index in [1.807, 2.05) is 13.8 Å². The lowest BCUT2D eigenvalue weighted by Crippen LogP contribution is -2.00. The number of hydrogen-bond acceptors (Lipinski definition) is 3. The first-order valence-electron chi connectivity index (χ1n) is 6.56. The van der Waals surface area contributed by atoms with E-state index in [1.165, 1.54) is 32.1 Å². The largest absolute Gasteiger partial charge is 0.330 e. The fourth-order valence-corrected chi connectivity index (χ4v) is 4.40. The monoisotopic (exact) mass is 266 g/mol. The van der Waals surface area contributed by atoms with Crippen LogP contribution in [0.5, 0.6) is 0 Å². The number of unbranched alkanes of at least 4 members (excludes halogenated alkanes) is 5. The predicted molar refractivity (Wildman–Crippen MR) is 75.8 cm³/mol. The standard InChI is InChI=1S/C12H27O2PS/c1-4-7-8-9-10-11-12-15(16,13-5-2)14-6-3/h4-12H2,1-3H3. The molecule has 0 N–H and O–H groups in total. The zero-order valence-corrected chi connectivity index (χ0v) is 12.7. The van der Waals surface area contributed by atoms with E-state index in [4.69, 9.17) is 20.9 Å². The fraction of sp³-hybridized carbons (Fsp3) is 1.00. The van der Waals surface area contributed by atoms with Gasteiger partial charge in [0.2, 0.25) is 0 Å². The molecule has 0 amide bonds. The van der Waals surface area contributed by atoms with Gasteiger partial charge in [-0.1, -0.05) is 39.0 Å². The van der Waals surface area contributed by atoms with E-state index >= 15 is 0 Å². The Morgan fingerprint density at radius 3 is 1.81 bits per heavy atom. The van der Waals surface area contributed by atoms with E-state index in [1.54, 1.807) is 0 Å². The van der Waals surface area contributed by atoms with E-state index in [0.29, 0.717) is 13.2 Å². The molecule has 0 aromatic rings. The van der Waals surface area contributed by atoms with Gasteiger partial charge in [-0.05, 0) is 32.1 Å². The minimum atomic E-state index is -1.94. The number of hydrogen-bond donors (Lipinski definition) is 0. The van der Waals surface area contributed by atoms with Crippen molar-refractivity contribution in [2.45, 2.75) is 59.3 Å². The molecule has 0 spiro atoms. The highest BCUT2D eigenvalue weighted by atomic mass is 32.5. The molecular weight excluding hydrogens is 239 g/mol. The topological polar surface area (TPSA) is 18.5 Å². The van der Waals surface area contributed by atoms with Crippen LogP contribution in [0.1, 0.15) is 59.3 Å². The molecule has 0 unspecified atom stereocenters. The summed E-state index contributed by atoms with van der Waals surface area (Å²) in [6.07, 6.45) is 8.68. The lowest BCUT2D eigenvalue weighted by Gasteiger charge is -2.20. The van der Waals surface area contributed by atoms with E-state index in [0.717, 1.165) is 12.6 Å². The van der Waals surface area contributed by atoms with Gasteiger partial charge in [-0.15, -0.1) is 0 Å². The number of rotatable bonds is 11. The van der Waals surface area contributed by atoms with Gasteiger partial charge in [0.25, 0.3) is 0 Å². The van der Waals surface area contributed by atoms with Gasteiger partial charge in [-0.3, -0.25) is 0 Å². The van der Waals surface area contributed by atoms with Crippen LogP contribution in [0.3, 0.4) is 0 Å². The second kappa shape index (κ2) is 10.7. The molecular formula is C12H27O2PS. The van der Waals surface area contributed by atoms with E-state index in [9.17, 15) is 0 Å². The van der Waals surface area contributed by atoms with E-state index < -0.39 is 6.49 Å². The van der Waals surface area contributed by atoms with Crippen molar-refractivity contribution < 1.29 is 9.05 Å². The maximum atomic E-state index is 5.60. The Hall–Kier alpha value is 0.570. The molecule has 0 atom stereocenters. The van der Waals surface area contributed by atoms with Gasteiger partial charge in [0, 0.05) is 6.16 Å². The third kappa shape index (κ3) is 8.69. The molecule has 0 heterocycles. The molecule has 0 saturated carbocycles. The Bertz CT molecular complexity index is 187. The van der Waals surface area contributed by atoms with Crippen LogP contribution in [0.15, 0.2) is 0 Å². The average molecular weight is 266 g/mol. The van der Waals surface area contributed by atoms with Crippen LogP contribution in [-0.4, -0.2) is 19.4 Å². The van der Waals surface area contributed by atoms with E-state index in [-0.39, 0.29) is 0 Å². The second-order valence-electron chi connectivity index (χ2n) is 3.94. The molecule has 0 saturated heterocycles. The summed E-state index contributed by atoms with van der Waals surface area (Å²) in [4.78, 5) is 0. The average Bonchev–Trinajstić information content (AvgIpc) is 2.24. The highest BCUT2D eigenvalue weighted by Gasteiger charge is 2.16. The van der Waals surface area contributed by atoms with E-state index in [2.05, 4.69) is 6.92 Å². The molecule has 0 aliphatic rings. The molecule has 0 aromatic carbocycles. The van der Waals surface area contributed by atoms with Gasteiger partial charge < -0.3 is 9.05 Å². The molecule has 98 valence electrons. The van der Waals surface area contributed by atoms with Gasteiger partial charge in [0.15, 0.2) is 6.49 Å². The van der Waals surface area contributed by atoms with Gasteiger partial charge in [0.1, 0.15) is 0 Å². The van der Waals surface area contributed by atoms with Gasteiger partial charge in [0.05, 0.1) is 13.2 Å². The van der Waals surface area contributed by atoms with Gasteiger partial charge in [-0.25, -0.2) is 0 Å². The Kier molecular flexibility index (Phi) is 11.1. The van der Waals surface area contributed by atoms with Crippen molar-refractivity contribution in [2.24, 2.45) is 0 Å². The molecule has 4 heteroatoms. The summed E-state index contributed by atoms with van der Waals surface area (Å²) in [6, 6.07) is 0. The first-order valence-corrected chi connectivity index (χ1v) is 9.39. The van der Waals surface area contributed by atoms with Crippen molar-refractivity contribution >= 4 is 18.3 Å². The smallest absolute Gasteiger partial charge is 0.188 e. The van der Waals surface area contributed by atoms with Crippen molar-refractivity contribution in [1.29, 1.82) is 0 Å². The van der Waals surface area contributed by atoms with Crippen molar-refractivity contribution in [3.05, 3.63) is 0 Å². The minimum absolute atomic E-state index is 0.674. The Morgan fingerprint density at radius 2 is 1.31 bits per heavy atom. The van der Waals surface area contributed by atoms with Gasteiger partial charge >= 0.3 is 0 Å². The van der Waals surface area contributed by atoms with Gasteiger partial charge in [-0.2, -0.15) is 0 Å². The third-order valence-electron chi connectivity index (χ3n) is 2.44. The highest BCUT2D eigenvalue weighted by molar-refractivity contribution is 8.09. The quantitative estimate of drug-likeness (QED) is 0.398. The Labute approximate surface area is 106 Å². The normalized spacial score (nSPS) is 11.9. The van der Waals surface area contributed by atoms with Crippen molar-refractivity contribution in [1.82, 2.24) is 0 Å². The van der Waals surface area contributed by atoms with Crippen LogP contribution in [0.4, 0.5) is 0 Å². The van der Waals surface area contributed by atoms with Crippen LogP contribution in [0.2, 0.25) is 0 Å². The zero-order valence-electron chi connectivity index (χ0n) is 11.0. The lowest BCUT2D eigenvalue weighted by molar-refractivity contribution is 0.266. The molecule has 0 radical (unpaired) electrons. The molecule has 0 aliphatic carbocycles. The zero-order chi connectivity index (χ0) is 12.3. The van der Waals surface area contributed by atoms with Crippen molar-refractivity contribution in [3.63, 3.8) is 0 Å². The molecule has 0 bridgehead atoms. The molecule has 16 heavy (non-hydrogen) atoms. The molecule has 0 aliphatic heterocycles. The summed E-state index contributed by atoms with van der Waals surface area (Å²) < 4.78 is 11.2. The summed E-state index contributed by atoms with van der Waals surface area (Å²) in [7, 11) is 0. The first-order chi connectivity index (χ1) is 7.68. The maximum absolute atomic E-state index is 5.60. The molecule has 0 fully saturated rings. The fourth-order valence-electron chi connectivity index (χ4n) is 1.65. The summed E-state index contributed by atoms with van der Waals surface area (Å²) >= 11 is 5.47. The van der Waals surface area contributed by atoms with Crippen LogP contribution in [-0.2, 0) is 20.9 Å². The molecule has 0 aromatic heterocycles. The molecule has 2 nitrogen and oxygen atoms in total. The maximum Gasteiger partial charge on any atom is 0.188 e. The van der Waals surface area contributed by atoms with Crippen molar-refractivity contribution in [3.8, 4) is 0 Å². The van der Waals surface area contributed by atoms with Crippen LogP contribution < -0.4 is 0 Å². The van der Waals surface area contributed by atoms with Crippen LogP contribution in [0.25, 0.3) is 0 Å². The summed E-state index contributed by atoms with van der Waals surface area (Å²) in [5.41, 5.74) is 0.